The summed E-state index contributed by atoms with van der Waals surface area (Å²) in [6.45, 7) is 1.15. The van der Waals surface area contributed by atoms with Crippen molar-refractivity contribution in [1.29, 1.82) is 0 Å². The van der Waals surface area contributed by atoms with E-state index < -0.39 is 15.8 Å². The quantitative estimate of drug-likeness (QED) is 0.902. The highest BCUT2D eigenvalue weighted by molar-refractivity contribution is 7.89. The summed E-state index contributed by atoms with van der Waals surface area (Å²) >= 11 is 5.72. The number of ether oxygens (including phenoxy) is 1. The number of sulfonamides is 1. The molecule has 1 saturated heterocycles. The molecule has 0 aliphatic carbocycles. The van der Waals surface area contributed by atoms with E-state index in [4.69, 9.17) is 22.1 Å². The Morgan fingerprint density at radius 3 is 2.58 bits per heavy atom. The fourth-order valence-corrected chi connectivity index (χ4v) is 3.51. The monoisotopic (exact) mass is 308 g/mol. The van der Waals surface area contributed by atoms with Crippen LogP contribution in [0.1, 0.15) is 5.56 Å². The molecule has 1 aliphatic heterocycles. The fourth-order valence-electron chi connectivity index (χ4n) is 1.85. The lowest BCUT2D eigenvalue weighted by Gasteiger charge is -2.26. The molecular formula is C11H14ClFN2O3S. The third-order valence-corrected chi connectivity index (χ3v) is 5.20. The maximum atomic E-state index is 13.6. The Bertz CT molecular complexity index is 574. The molecule has 2 N–H and O–H groups in total. The maximum absolute atomic E-state index is 13.6. The van der Waals surface area contributed by atoms with Crippen LogP contribution < -0.4 is 5.73 Å². The van der Waals surface area contributed by atoms with E-state index >= 15 is 0 Å². The molecule has 0 radical (unpaired) electrons. The van der Waals surface area contributed by atoms with Crippen LogP contribution in [0.5, 0.6) is 0 Å². The Hall–Kier alpha value is -0.730. The number of halogens is 2. The van der Waals surface area contributed by atoms with Crippen molar-refractivity contribution in [3.05, 3.63) is 28.5 Å². The topological polar surface area (TPSA) is 72.6 Å². The predicted octanol–water partition coefficient (Wildman–Crippen LogP) is 0.959. The number of morpholine rings is 1. The third-order valence-electron chi connectivity index (χ3n) is 2.90. The largest absolute Gasteiger partial charge is 0.379 e. The molecule has 0 saturated carbocycles. The smallest absolute Gasteiger partial charge is 0.243 e. The molecule has 106 valence electrons. The van der Waals surface area contributed by atoms with E-state index in [1.54, 1.807) is 0 Å². The van der Waals surface area contributed by atoms with Crippen molar-refractivity contribution in [2.45, 2.75) is 11.4 Å². The molecule has 1 heterocycles. The second kappa shape index (κ2) is 5.72. The first-order valence-corrected chi connectivity index (χ1v) is 7.54. The zero-order valence-electron chi connectivity index (χ0n) is 10.1. The Morgan fingerprint density at radius 1 is 1.37 bits per heavy atom. The van der Waals surface area contributed by atoms with Crippen LogP contribution in [0.25, 0.3) is 0 Å². The Morgan fingerprint density at radius 2 is 2.00 bits per heavy atom. The lowest BCUT2D eigenvalue weighted by Crippen LogP contribution is -2.40. The van der Waals surface area contributed by atoms with Gasteiger partial charge >= 0.3 is 0 Å². The van der Waals surface area contributed by atoms with Crippen LogP contribution in [0.4, 0.5) is 4.39 Å². The van der Waals surface area contributed by atoms with Crippen molar-refractivity contribution in [3.8, 4) is 0 Å². The number of nitrogens with zero attached hydrogens (tertiary/aromatic N) is 1. The Labute approximate surface area is 116 Å². The van der Waals surface area contributed by atoms with E-state index in [0.29, 0.717) is 13.2 Å². The van der Waals surface area contributed by atoms with E-state index in [0.717, 1.165) is 6.07 Å². The highest BCUT2D eigenvalue weighted by Gasteiger charge is 2.27. The van der Waals surface area contributed by atoms with Crippen LogP contribution in [-0.4, -0.2) is 39.0 Å². The first-order chi connectivity index (χ1) is 8.96. The normalized spacial score (nSPS) is 17.6. The van der Waals surface area contributed by atoms with Crippen molar-refractivity contribution in [2.75, 3.05) is 26.3 Å². The third kappa shape index (κ3) is 2.90. The van der Waals surface area contributed by atoms with Crippen LogP contribution in [0.15, 0.2) is 17.0 Å². The van der Waals surface area contributed by atoms with Crippen molar-refractivity contribution in [1.82, 2.24) is 4.31 Å². The first kappa shape index (κ1) is 14.7. The molecule has 2 rings (SSSR count). The van der Waals surface area contributed by atoms with Crippen LogP contribution in [0, 0.1) is 5.82 Å². The summed E-state index contributed by atoms with van der Waals surface area (Å²) in [5.74, 6) is -0.781. The van der Waals surface area contributed by atoms with Crippen LogP contribution in [0.2, 0.25) is 5.02 Å². The Kier molecular flexibility index (Phi) is 4.42. The standard InChI is InChI=1S/C11H14ClFN2O3S/c12-11-8(7-14)5-9(6-10(11)13)19(16,17)15-1-3-18-4-2-15/h5-6H,1-4,7,14H2. The van der Waals surface area contributed by atoms with Gasteiger partial charge in [-0.15, -0.1) is 0 Å². The summed E-state index contributed by atoms with van der Waals surface area (Å²) in [5.41, 5.74) is 5.70. The molecule has 1 aromatic carbocycles. The van der Waals surface area contributed by atoms with E-state index in [9.17, 15) is 12.8 Å². The highest BCUT2D eigenvalue weighted by Crippen LogP contribution is 2.26. The summed E-state index contributed by atoms with van der Waals surface area (Å²) in [6.07, 6.45) is 0. The van der Waals surface area contributed by atoms with Gasteiger partial charge in [0.25, 0.3) is 0 Å². The Balaban J connectivity index is 2.42. The first-order valence-electron chi connectivity index (χ1n) is 5.72. The molecule has 1 fully saturated rings. The van der Waals surface area contributed by atoms with Gasteiger partial charge in [-0.3, -0.25) is 0 Å². The molecule has 1 aromatic rings. The van der Waals surface area contributed by atoms with E-state index in [1.165, 1.54) is 10.4 Å². The van der Waals surface area contributed by atoms with Gasteiger partial charge in [-0.1, -0.05) is 11.6 Å². The van der Waals surface area contributed by atoms with Gasteiger partial charge in [0.1, 0.15) is 5.82 Å². The molecule has 19 heavy (non-hydrogen) atoms. The second-order valence-corrected chi connectivity index (χ2v) is 6.41. The van der Waals surface area contributed by atoms with Crippen LogP contribution >= 0.6 is 11.6 Å². The minimum absolute atomic E-state index is 0.0256. The minimum Gasteiger partial charge on any atom is -0.379 e. The van der Waals surface area contributed by atoms with E-state index in [-0.39, 0.29) is 35.1 Å². The van der Waals surface area contributed by atoms with Gasteiger partial charge in [0, 0.05) is 19.6 Å². The molecule has 0 bridgehead atoms. The molecule has 1 aliphatic rings. The highest BCUT2D eigenvalue weighted by atomic mass is 35.5. The summed E-state index contributed by atoms with van der Waals surface area (Å²) in [5, 5.41) is -0.136. The van der Waals surface area contributed by atoms with Gasteiger partial charge in [0.05, 0.1) is 23.1 Å². The molecule has 8 heteroatoms. The number of nitrogens with two attached hydrogens (primary N) is 1. The summed E-state index contributed by atoms with van der Waals surface area (Å²) in [4.78, 5) is -0.128. The van der Waals surface area contributed by atoms with Crippen molar-refractivity contribution in [2.24, 2.45) is 5.73 Å². The number of benzene rings is 1. The van der Waals surface area contributed by atoms with Gasteiger partial charge in [0.15, 0.2) is 0 Å². The van der Waals surface area contributed by atoms with Gasteiger partial charge in [-0.2, -0.15) is 4.31 Å². The predicted molar refractivity (Wildman–Crippen MR) is 68.9 cm³/mol. The van der Waals surface area contributed by atoms with Crippen LogP contribution in [-0.2, 0) is 21.3 Å². The molecule has 0 spiro atoms. The molecular weight excluding hydrogens is 295 g/mol. The van der Waals surface area contributed by atoms with E-state index in [1.807, 2.05) is 0 Å². The molecule has 5 nitrogen and oxygen atoms in total. The molecule has 0 atom stereocenters. The summed E-state index contributed by atoms with van der Waals surface area (Å²) in [7, 11) is -3.73. The SMILES string of the molecule is NCc1cc(S(=O)(=O)N2CCOCC2)cc(F)c1Cl. The van der Waals surface area contributed by atoms with Gasteiger partial charge in [-0.05, 0) is 17.7 Å². The summed E-state index contributed by atoms with van der Waals surface area (Å²) < 4.78 is 44.7. The zero-order valence-corrected chi connectivity index (χ0v) is 11.7. The lowest BCUT2D eigenvalue weighted by molar-refractivity contribution is 0.0730. The van der Waals surface area contributed by atoms with Gasteiger partial charge < -0.3 is 10.5 Å². The van der Waals surface area contributed by atoms with Gasteiger partial charge in [-0.25, -0.2) is 12.8 Å². The van der Waals surface area contributed by atoms with Crippen LogP contribution in [0.3, 0.4) is 0 Å². The molecule has 0 aromatic heterocycles. The summed E-state index contributed by atoms with van der Waals surface area (Å²) in [6, 6.07) is 2.24. The zero-order chi connectivity index (χ0) is 14.0. The minimum atomic E-state index is -3.73. The number of rotatable bonds is 3. The average molecular weight is 309 g/mol. The van der Waals surface area contributed by atoms with Crippen molar-refractivity contribution < 1.29 is 17.5 Å². The maximum Gasteiger partial charge on any atom is 0.243 e. The van der Waals surface area contributed by atoms with Crippen molar-refractivity contribution >= 4 is 21.6 Å². The number of hydrogen-bond acceptors (Lipinski definition) is 4. The second-order valence-electron chi connectivity index (χ2n) is 4.10. The fraction of sp³-hybridized carbons (Fsp3) is 0.455. The molecule has 0 amide bonds. The van der Waals surface area contributed by atoms with Gasteiger partial charge in [0.2, 0.25) is 10.0 Å². The van der Waals surface area contributed by atoms with E-state index in [2.05, 4.69) is 0 Å². The number of hydrogen-bond donors (Lipinski definition) is 1. The van der Waals surface area contributed by atoms with Crippen molar-refractivity contribution in [3.63, 3.8) is 0 Å². The molecule has 0 unspecified atom stereocenters. The lowest BCUT2D eigenvalue weighted by atomic mass is 10.2. The average Bonchev–Trinajstić information content (AvgIpc) is 2.42.